The first-order valence-electron chi connectivity index (χ1n) is 7.79. The van der Waals surface area contributed by atoms with E-state index < -0.39 is 0 Å². The first kappa shape index (κ1) is 15.5. The molecule has 0 saturated carbocycles. The van der Waals surface area contributed by atoms with Gasteiger partial charge in [-0.15, -0.1) is 0 Å². The number of unbranched alkanes of at least 4 members (excludes halogenated alkanes) is 1. The summed E-state index contributed by atoms with van der Waals surface area (Å²) < 4.78 is 10.4. The van der Waals surface area contributed by atoms with Crippen LogP contribution >= 0.6 is 0 Å². The van der Waals surface area contributed by atoms with E-state index in [0.29, 0.717) is 19.3 Å². The number of rotatable bonds is 9. The van der Waals surface area contributed by atoms with Crippen LogP contribution in [0.2, 0.25) is 0 Å². The van der Waals surface area contributed by atoms with E-state index in [9.17, 15) is 0 Å². The maximum atomic E-state index is 5.47. The van der Waals surface area contributed by atoms with Crippen molar-refractivity contribution in [1.29, 1.82) is 0 Å². The molecule has 0 bridgehead atoms. The first-order chi connectivity index (χ1) is 9.92. The Morgan fingerprint density at radius 1 is 1.15 bits per heavy atom. The Labute approximate surface area is 122 Å². The molecular formula is C17H27NO2. The molecule has 0 radical (unpaired) electrons. The molecule has 1 N–H and O–H groups in total. The highest BCUT2D eigenvalue weighted by Gasteiger charge is 2.18. The molecule has 0 saturated heterocycles. The van der Waals surface area contributed by atoms with Gasteiger partial charge in [0.1, 0.15) is 0 Å². The van der Waals surface area contributed by atoms with Gasteiger partial charge in [-0.2, -0.15) is 0 Å². The molecule has 1 unspecified atom stereocenters. The molecule has 0 aliphatic heterocycles. The van der Waals surface area contributed by atoms with Crippen LogP contribution in [0.25, 0.3) is 0 Å². The molecule has 112 valence electrons. The normalized spacial score (nSPS) is 17.9. The van der Waals surface area contributed by atoms with Crippen molar-refractivity contribution in [2.24, 2.45) is 0 Å². The highest BCUT2D eigenvalue weighted by atomic mass is 16.5. The Kier molecular flexibility index (Phi) is 7.06. The van der Waals surface area contributed by atoms with Crippen LogP contribution < -0.4 is 5.32 Å². The minimum Gasteiger partial charge on any atom is -0.382 e. The van der Waals surface area contributed by atoms with Crippen LogP contribution in [0.5, 0.6) is 0 Å². The largest absolute Gasteiger partial charge is 0.382 e. The van der Waals surface area contributed by atoms with Crippen LogP contribution in [0.3, 0.4) is 0 Å². The maximum absolute atomic E-state index is 5.47. The van der Waals surface area contributed by atoms with Gasteiger partial charge >= 0.3 is 0 Å². The second-order valence-corrected chi connectivity index (χ2v) is 5.41. The molecule has 3 nitrogen and oxygen atoms in total. The standard InChI is InChI=1S/C17H27NO2/c1-19-13-14-20-12-5-4-11-18-17-10-6-8-15-7-2-3-9-16(15)17/h2-3,7,9,17-18H,4-6,8,10-14H2,1H3. The lowest BCUT2D eigenvalue weighted by molar-refractivity contribution is 0.0687. The van der Waals surface area contributed by atoms with Gasteiger partial charge in [-0.25, -0.2) is 0 Å². The lowest BCUT2D eigenvalue weighted by Gasteiger charge is -2.26. The minimum absolute atomic E-state index is 0.550. The van der Waals surface area contributed by atoms with Crippen LogP contribution in [0.4, 0.5) is 0 Å². The van der Waals surface area contributed by atoms with Crippen molar-refractivity contribution >= 4 is 0 Å². The Hall–Kier alpha value is -0.900. The summed E-state index contributed by atoms with van der Waals surface area (Å²) in [6, 6.07) is 9.41. The second kappa shape index (κ2) is 9.11. The smallest absolute Gasteiger partial charge is 0.0700 e. The van der Waals surface area contributed by atoms with E-state index >= 15 is 0 Å². The number of hydrogen-bond donors (Lipinski definition) is 1. The molecule has 0 spiro atoms. The third-order valence-electron chi connectivity index (χ3n) is 3.91. The van der Waals surface area contributed by atoms with E-state index in [2.05, 4.69) is 29.6 Å². The van der Waals surface area contributed by atoms with Gasteiger partial charge in [-0.3, -0.25) is 0 Å². The Bertz CT molecular complexity index is 381. The third kappa shape index (κ3) is 4.89. The lowest BCUT2D eigenvalue weighted by atomic mass is 9.88. The number of benzene rings is 1. The van der Waals surface area contributed by atoms with Crippen molar-refractivity contribution in [3.8, 4) is 0 Å². The predicted molar refractivity (Wildman–Crippen MR) is 82.1 cm³/mol. The minimum atomic E-state index is 0.550. The molecule has 1 aliphatic rings. The van der Waals surface area contributed by atoms with Gasteiger partial charge in [0, 0.05) is 19.8 Å². The van der Waals surface area contributed by atoms with Gasteiger partial charge in [-0.05, 0) is 49.8 Å². The molecule has 1 atom stereocenters. The molecule has 0 amide bonds. The summed E-state index contributed by atoms with van der Waals surface area (Å²) in [4.78, 5) is 0. The van der Waals surface area contributed by atoms with Crippen LogP contribution in [0, 0.1) is 0 Å². The molecule has 20 heavy (non-hydrogen) atoms. The Balaban J connectivity index is 1.61. The van der Waals surface area contributed by atoms with E-state index in [1.807, 2.05) is 0 Å². The zero-order chi connectivity index (χ0) is 14.0. The number of fused-ring (bicyclic) bond motifs is 1. The summed E-state index contributed by atoms with van der Waals surface area (Å²) in [6.45, 7) is 3.32. The van der Waals surface area contributed by atoms with Gasteiger partial charge in [0.15, 0.2) is 0 Å². The lowest BCUT2D eigenvalue weighted by Crippen LogP contribution is -2.26. The Morgan fingerprint density at radius 3 is 2.95 bits per heavy atom. The fourth-order valence-corrected chi connectivity index (χ4v) is 2.82. The van der Waals surface area contributed by atoms with Crippen molar-refractivity contribution in [3.63, 3.8) is 0 Å². The highest BCUT2D eigenvalue weighted by molar-refractivity contribution is 5.32. The quantitative estimate of drug-likeness (QED) is 0.704. The molecule has 1 aliphatic carbocycles. The van der Waals surface area contributed by atoms with Crippen LogP contribution in [0.15, 0.2) is 24.3 Å². The average molecular weight is 277 g/mol. The average Bonchev–Trinajstić information content (AvgIpc) is 2.50. The summed E-state index contributed by atoms with van der Waals surface area (Å²) in [7, 11) is 1.70. The molecule has 1 aromatic carbocycles. The van der Waals surface area contributed by atoms with Crippen molar-refractivity contribution in [3.05, 3.63) is 35.4 Å². The zero-order valence-corrected chi connectivity index (χ0v) is 12.6. The SMILES string of the molecule is COCCOCCCCNC1CCCc2ccccc21. The molecule has 0 heterocycles. The van der Waals surface area contributed by atoms with E-state index in [0.717, 1.165) is 19.6 Å². The molecule has 1 aromatic rings. The number of methoxy groups -OCH3 is 1. The summed E-state index contributed by atoms with van der Waals surface area (Å²) in [5.41, 5.74) is 3.04. The third-order valence-corrected chi connectivity index (χ3v) is 3.91. The topological polar surface area (TPSA) is 30.5 Å². The first-order valence-corrected chi connectivity index (χ1v) is 7.79. The fraction of sp³-hybridized carbons (Fsp3) is 0.647. The van der Waals surface area contributed by atoms with Crippen molar-refractivity contribution in [1.82, 2.24) is 5.32 Å². The van der Waals surface area contributed by atoms with Crippen LogP contribution in [0.1, 0.15) is 42.9 Å². The molecule has 3 heteroatoms. The molecule has 0 aromatic heterocycles. The molecular weight excluding hydrogens is 250 g/mol. The number of nitrogens with one attached hydrogen (secondary N) is 1. The van der Waals surface area contributed by atoms with E-state index in [1.54, 1.807) is 7.11 Å². The van der Waals surface area contributed by atoms with Gasteiger partial charge in [0.25, 0.3) is 0 Å². The summed E-state index contributed by atoms with van der Waals surface area (Å²) in [5.74, 6) is 0. The van der Waals surface area contributed by atoms with E-state index in [-0.39, 0.29) is 0 Å². The number of ether oxygens (including phenoxy) is 2. The fourth-order valence-electron chi connectivity index (χ4n) is 2.82. The summed E-state index contributed by atoms with van der Waals surface area (Å²) in [5, 5.41) is 3.70. The van der Waals surface area contributed by atoms with Crippen molar-refractivity contribution in [2.75, 3.05) is 33.5 Å². The summed E-state index contributed by atoms with van der Waals surface area (Å²) >= 11 is 0. The van der Waals surface area contributed by atoms with Gasteiger partial charge in [0.2, 0.25) is 0 Å². The second-order valence-electron chi connectivity index (χ2n) is 5.41. The molecule has 0 fully saturated rings. The van der Waals surface area contributed by atoms with E-state index in [4.69, 9.17) is 9.47 Å². The number of hydrogen-bond acceptors (Lipinski definition) is 3. The van der Waals surface area contributed by atoms with Crippen LogP contribution in [-0.4, -0.2) is 33.5 Å². The van der Waals surface area contributed by atoms with Crippen LogP contribution in [-0.2, 0) is 15.9 Å². The molecule has 2 rings (SSSR count). The highest BCUT2D eigenvalue weighted by Crippen LogP contribution is 2.29. The van der Waals surface area contributed by atoms with Gasteiger partial charge < -0.3 is 14.8 Å². The zero-order valence-electron chi connectivity index (χ0n) is 12.6. The number of aryl methyl sites for hydroxylation is 1. The van der Waals surface area contributed by atoms with Crippen molar-refractivity contribution < 1.29 is 9.47 Å². The monoisotopic (exact) mass is 277 g/mol. The predicted octanol–water partition coefficient (Wildman–Crippen LogP) is 3.10. The maximum Gasteiger partial charge on any atom is 0.0700 e. The van der Waals surface area contributed by atoms with Gasteiger partial charge in [0.05, 0.1) is 13.2 Å². The van der Waals surface area contributed by atoms with E-state index in [1.165, 1.54) is 36.8 Å². The summed E-state index contributed by atoms with van der Waals surface area (Å²) in [6.07, 6.45) is 6.09. The van der Waals surface area contributed by atoms with Crippen molar-refractivity contribution in [2.45, 2.75) is 38.1 Å². The van der Waals surface area contributed by atoms with Gasteiger partial charge in [-0.1, -0.05) is 24.3 Å². The Morgan fingerprint density at radius 2 is 2.05 bits per heavy atom.